The molecule has 1 aromatic carbocycles. The Morgan fingerprint density at radius 1 is 0.946 bits per heavy atom. The van der Waals surface area contributed by atoms with E-state index < -0.39 is 0 Å². The number of tetrazole rings is 1. The number of aryl methyl sites for hydroxylation is 1. The SMILES string of the molecule is CCc1cnc(N2CCC(c3cnc(CN4CCc5cc(-n6cnnn6)cc(F)c54)c(F)c3)CC2)nc1. The third kappa shape index (κ3) is 4.61. The van der Waals surface area contributed by atoms with Crippen molar-refractivity contribution in [1.29, 1.82) is 0 Å². The van der Waals surface area contributed by atoms with Crippen molar-refractivity contribution in [1.82, 2.24) is 35.2 Å². The topological polar surface area (TPSA) is 88.8 Å². The summed E-state index contributed by atoms with van der Waals surface area (Å²) in [5.74, 6) is 0.255. The first-order valence-electron chi connectivity index (χ1n) is 12.6. The van der Waals surface area contributed by atoms with Gasteiger partial charge in [0.25, 0.3) is 0 Å². The van der Waals surface area contributed by atoms with E-state index in [9.17, 15) is 0 Å². The monoisotopic (exact) mass is 503 g/mol. The Labute approximate surface area is 213 Å². The molecule has 0 atom stereocenters. The van der Waals surface area contributed by atoms with Crippen molar-refractivity contribution in [2.75, 3.05) is 29.4 Å². The highest BCUT2D eigenvalue weighted by molar-refractivity contribution is 5.62. The Morgan fingerprint density at radius 3 is 2.46 bits per heavy atom. The van der Waals surface area contributed by atoms with Gasteiger partial charge in [0.15, 0.2) is 0 Å². The molecule has 11 heteroatoms. The molecule has 0 N–H and O–H groups in total. The van der Waals surface area contributed by atoms with Gasteiger partial charge in [-0.25, -0.2) is 23.4 Å². The molecule has 6 rings (SSSR count). The summed E-state index contributed by atoms with van der Waals surface area (Å²) in [7, 11) is 0. The average Bonchev–Trinajstić information content (AvgIpc) is 3.61. The Hall–Kier alpha value is -4.02. The predicted molar refractivity (Wildman–Crippen MR) is 134 cm³/mol. The number of rotatable bonds is 6. The second kappa shape index (κ2) is 9.79. The van der Waals surface area contributed by atoms with Crippen molar-refractivity contribution in [2.24, 2.45) is 0 Å². The van der Waals surface area contributed by atoms with Gasteiger partial charge in [0.05, 0.1) is 23.6 Å². The van der Waals surface area contributed by atoms with Gasteiger partial charge in [-0.15, -0.1) is 5.10 Å². The molecule has 1 saturated heterocycles. The lowest BCUT2D eigenvalue weighted by molar-refractivity contribution is 0.493. The molecule has 2 aliphatic heterocycles. The number of benzene rings is 1. The molecule has 0 saturated carbocycles. The van der Waals surface area contributed by atoms with Crippen LogP contribution in [0, 0.1) is 11.6 Å². The number of hydrogen-bond donors (Lipinski definition) is 0. The molecule has 2 aliphatic rings. The smallest absolute Gasteiger partial charge is 0.225 e. The lowest BCUT2D eigenvalue weighted by atomic mass is 9.90. The fourth-order valence-corrected chi connectivity index (χ4v) is 5.23. The van der Waals surface area contributed by atoms with E-state index in [1.165, 1.54) is 17.1 Å². The summed E-state index contributed by atoms with van der Waals surface area (Å²) < 4.78 is 31.6. The summed E-state index contributed by atoms with van der Waals surface area (Å²) in [4.78, 5) is 17.5. The number of hydrogen-bond acceptors (Lipinski definition) is 8. The molecule has 3 aromatic heterocycles. The van der Waals surface area contributed by atoms with Crippen LogP contribution in [0.1, 0.15) is 48.1 Å². The third-order valence-corrected chi connectivity index (χ3v) is 7.34. The van der Waals surface area contributed by atoms with E-state index in [-0.39, 0.29) is 24.1 Å². The average molecular weight is 504 g/mol. The first-order chi connectivity index (χ1) is 18.1. The highest BCUT2D eigenvalue weighted by Gasteiger charge is 2.27. The van der Waals surface area contributed by atoms with E-state index >= 15 is 8.78 Å². The van der Waals surface area contributed by atoms with Crippen LogP contribution in [0.3, 0.4) is 0 Å². The maximum atomic E-state index is 15.2. The Balaban J connectivity index is 1.12. The van der Waals surface area contributed by atoms with Gasteiger partial charge < -0.3 is 9.80 Å². The van der Waals surface area contributed by atoms with Gasteiger partial charge in [-0.1, -0.05) is 6.92 Å². The number of halogens is 2. The van der Waals surface area contributed by atoms with Crippen LogP contribution in [0.2, 0.25) is 0 Å². The summed E-state index contributed by atoms with van der Waals surface area (Å²) in [6.45, 7) is 4.52. The zero-order valence-electron chi connectivity index (χ0n) is 20.6. The lowest BCUT2D eigenvalue weighted by Gasteiger charge is -2.32. The van der Waals surface area contributed by atoms with E-state index in [1.807, 2.05) is 23.4 Å². The van der Waals surface area contributed by atoms with Gasteiger partial charge in [0.1, 0.15) is 18.0 Å². The van der Waals surface area contributed by atoms with Crippen LogP contribution in [0.4, 0.5) is 20.4 Å². The number of pyridine rings is 1. The van der Waals surface area contributed by atoms with Gasteiger partial charge in [-0.2, -0.15) is 0 Å². The van der Waals surface area contributed by atoms with E-state index in [1.54, 1.807) is 12.3 Å². The minimum atomic E-state index is -0.377. The molecular weight excluding hydrogens is 476 g/mol. The maximum Gasteiger partial charge on any atom is 0.225 e. The molecule has 0 unspecified atom stereocenters. The van der Waals surface area contributed by atoms with Crippen LogP contribution in [-0.2, 0) is 19.4 Å². The molecule has 0 spiro atoms. The minimum absolute atomic E-state index is 0.212. The molecule has 190 valence electrons. The van der Waals surface area contributed by atoms with Gasteiger partial charge in [-0.05, 0) is 70.9 Å². The predicted octanol–water partition coefficient (Wildman–Crippen LogP) is 3.63. The third-order valence-electron chi connectivity index (χ3n) is 7.34. The molecule has 1 fully saturated rings. The van der Waals surface area contributed by atoms with E-state index in [2.05, 4.69) is 42.3 Å². The Kier molecular flexibility index (Phi) is 6.19. The van der Waals surface area contributed by atoms with Crippen LogP contribution in [0.25, 0.3) is 5.69 Å². The van der Waals surface area contributed by atoms with Crippen LogP contribution >= 0.6 is 0 Å². The Morgan fingerprint density at radius 2 is 1.76 bits per heavy atom. The molecule has 0 aliphatic carbocycles. The van der Waals surface area contributed by atoms with Crippen LogP contribution in [0.5, 0.6) is 0 Å². The van der Waals surface area contributed by atoms with Crippen LogP contribution in [0.15, 0.2) is 43.1 Å². The first kappa shape index (κ1) is 23.4. The fourth-order valence-electron chi connectivity index (χ4n) is 5.23. The summed E-state index contributed by atoms with van der Waals surface area (Å²) in [5.41, 5.74) is 4.25. The number of nitrogens with zero attached hydrogens (tertiary/aromatic N) is 9. The second-order valence-electron chi connectivity index (χ2n) is 9.56. The van der Waals surface area contributed by atoms with Gasteiger partial charge in [0, 0.05) is 44.3 Å². The summed E-state index contributed by atoms with van der Waals surface area (Å²) >= 11 is 0. The van der Waals surface area contributed by atoms with Crippen LogP contribution in [-0.4, -0.2) is 54.8 Å². The number of anilines is 2. The fraction of sp³-hybridized carbons (Fsp3) is 0.385. The Bertz CT molecular complexity index is 1380. The van der Waals surface area contributed by atoms with E-state index in [0.29, 0.717) is 30.0 Å². The molecule has 0 amide bonds. The van der Waals surface area contributed by atoms with Gasteiger partial charge in [-0.3, -0.25) is 4.98 Å². The minimum Gasteiger partial charge on any atom is -0.363 e. The summed E-state index contributed by atoms with van der Waals surface area (Å²) in [6, 6.07) is 4.87. The number of aromatic nitrogens is 7. The maximum absolute atomic E-state index is 15.2. The molecule has 5 heterocycles. The van der Waals surface area contributed by atoms with Crippen molar-refractivity contribution < 1.29 is 8.78 Å². The van der Waals surface area contributed by atoms with Crippen molar-refractivity contribution in [2.45, 2.75) is 45.1 Å². The highest BCUT2D eigenvalue weighted by Crippen LogP contribution is 2.35. The second-order valence-corrected chi connectivity index (χ2v) is 9.56. The van der Waals surface area contributed by atoms with Crippen molar-refractivity contribution >= 4 is 11.6 Å². The summed E-state index contributed by atoms with van der Waals surface area (Å²) in [5, 5.41) is 11.0. The molecule has 0 bridgehead atoms. The number of piperidine rings is 1. The quantitative estimate of drug-likeness (QED) is 0.394. The lowest BCUT2D eigenvalue weighted by Crippen LogP contribution is -2.34. The highest BCUT2D eigenvalue weighted by atomic mass is 19.1. The van der Waals surface area contributed by atoms with Crippen molar-refractivity contribution in [3.8, 4) is 5.69 Å². The normalized spacial score (nSPS) is 15.9. The largest absolute Gasteiger partial charge is 0.363 e. The standard InChI is InChI=1S/C26H27F2N9/c1-2-17-12-30-26(31-13-17)35-6-3-18(4-7-35)20-10-22(27)24(29-14-20)15-36-8-5-19-9-21(11-23(28)25(19)36)37-16-32-33-34-37/h9-14,16,18H,2-8,15H2,1H3. The van der Waals surface area contributed by atoms with Gasteiger partial charge in [0.2, 0.25) is 5.95 Å². The molecule has 37 heavy (non-hydrogen) atoms. The first-order valence-corrected chi connectivity index (χ1v) is 12.6. The van der Waals surface area contributed by atoms with Gasteiger partial charge >= 0.3 is 0 Å². The van der Waals surface area contributed by atoms with Crippen LogP contribution < -0.4 is 9.80 Å². The molecule has 4 aromatic rings. The molecular formula is C26H27F2N9. The van der Waals surface area contributed by atoms with Crippen molar-refractivity contribution in [3.63, 3.8) is 0 Å². The summed E-state index contributed by atoms with van der Waals surface area (Å²) in [6.07, 6.45) is 10.3. The zero-order valence-corrected chi connectivity index (χ0v) is 20.6. The van der Waals surface area contributed by atoms with Crippen molar-refractivity contribution in [3.05, 3.63) is 77.1 Å². The zero-order chi connectivity index (χ0) is 25.4. The van der Waals surface area contributed by atoms with E-state index in [0.717, 1.165) is 55.0 Å². The molecule has 0 radical (unpaired) electrons. The molecule has 9 nitrogen and oxygen atoms in total. The van der Waals surface area contributed by atoms with E-state index in [4.69, 9.17) is 0 Å². The number of fused-ring (bicyclic) bond motifs is 1.